The molecule has 146 valence electrons. The van der Waals surface area contributed by atoms with Gasteiger partial charge in [-0.2, -0.15) is 11.3 Å². The second-order valence-corrected chi connectivity index (χ2v) is 7.31. The minimum atomic E-state index is -0.270. The van der Waals surface area contributed by atoms with Gasteiger partial charge in [0.2, 0.25) is 0 Å². The molecule has 3 aromatic rings. The van der Waals surface area contributed by atoms with Crippen molar-refractivity contribution in [2.45, 2.75) is 12.6 Å². The van der Waals surface area contributed by atoms with E-state index in [9.17, 15) is 4.79 Å². The molecule has 1 heterocycles. The van der Waals surface area contributed by atoms with E-state index < -0.39 is 0 Å². The van der Waals surface area contributed by atoms with Crippen LogP contribution in [0.25, 0.3) is 0 Å². The van der Waals surface area contributed by atoms with Crippen LogP contribution in [-0.4, -0.2) is 20.3 Å². The molecule has 5 nitrogen and oxygen atoms in total. The molecule has 1 unspecified atom stereocenters. The van der Waals surface area contributed by atoms with Crippen LogP contribution in [0.3, 0.4) is 0 Å². The fourth-order valence-corrected chi connectivity index (χ4v) is 3.60. The average molecular weight is 417 g/mol. The van der Waals surface area contributed by atoms with E-state index in [1.165, 1.54) is 0 Å². The highest BCUT2D eigenvalue weighted by Crippen LogP contribution is 2.26. The van der Waals surface area contributed by atoms with Crippen LogP contribution in [0.15, 0.2) is 59.3 Å². The lowest BCUT2D eigenvalue weighted by Gasteiger charge is -2.19. The normalized spacial score (nSPS) is 11.5. The largest absolute Gasteiger partial charge is 0.497 e. The number of amides is 2. The van der Waals surface area contributed by atoms with Gasteiger partial charge in [0.25, 0.3) is 0 Å². The number of thiophene rings is 1. The summed E-state index contributed by atoms with van der Waals surface area (Å²) in [6.07, 6.45) is 0. The van der Waals surface area contributed by atoms with Gasteiger partial charge in [0.05, 0.1) is 20.3 Å². The fourth-order valence-electron chi connectivity index (χ4n) is 2.79. The summed E-state index contributed by atoms with van der Waals surface area (Å²) in [6.45, 7) is 0.344. The SMILES string of the molecule is COc1cc(CNC(=O)NC(c2ccc(Cl)cc2)c2ccsc2)cc(OC)c1. The molecule has 0 saturated carbocycles. The van der Waals surface area contributed by atoms with Gasteiger partial charge in [-0.3, -0.25) is 0 Å². The van der Waals surface area contributed by atoms with Crippen LogP contribution in [-0.2, 0) is 6.54 Å². The standard InChI is InChI=1S/C21H21ClN2O3S/c1-26-18-9-14(10-19(11-18)27-2)12-23-21(25)24-20(16-7-8-28-13-16)15-3-5-17(22)6-4-15/h3-11,13,20H,12H2,1-2H3,(H2,23,24,25). The highest BCUT2D eigenvalue weighted by Gasteiger charge is 2.17. The Bertz CT molecular complexity index is 892. The van der Waals surface area contributed by atoms with Crippen molar-refractivity contribution in [1.82, 2.24) is 10.6 Å². The molecule has 3 rings (SSSR count). The number of benzene rings is 2. The molecular formula is C21H21ClN2O3S. The molecule has 28 heavy (non-hydrogen) atoms. The zero-order valence-corrected chi connectivity index (χ0v) is 17.1. The third-order valence-electron chi connectivity index (χ3n) is 4.22. The van der Waals surface area contributed by atoms with E-state index in [4.69, 9.17) is 21.1 Å². The molecule has 2 amide bonds. The van der Waals surface area contributed by atoms with E-state index in [0.717, 1.165) is 16.7 Å². The zero-order chi connectivity index (χ0) is 19.9. The fraction of sp³-hybridized carbons (Fsp3) is 0.190. The average Bonchev–Trinajstić information content (AvgIpc) is 3.25. The molecule has 2 aromatic carbocycles. The number of hydrogen-bond donors (Lipinski definition) is 2. The Balaban J connectivity index is 1.70. The highest BCUT2D eigenvalue weighted by molar-refractivity contribution is 7.08. The molecule has 0 spiro atoms. The van der Waals surface area contributed by atoms with Crippen molar-refractivity contribution >= 4 is 29.0 Å². The summed E-state index contributed by atoms with van der Waals surface area (Å²) in [5, 5.41) is 10.6. The molecule has 7 heteroatoms. The van der Waals surface area contributed by atoms with E-state index in [0.29, 0.717) is 23.1 Å². The number of methoxy groups -OCH3 is 2. The number of nitrogens with one attached hydrogen (secondary N) is 2. The van der Waals surface area contributed by atoms with Crippen LogP contribution in [0.5, 0.6) is 11.5 Å². The number of halogens is 1. The van der Waals surface area contributed by atoms with E-state index in [1.807, 2.05) is 53.2 Å². The Labute approximate surface area is 173 Å². The molecule has 0 saturated heterocycles. The van der Waals surface area contributed by atoms with E-state index >= 15 is 0 Å². The molecule has 0 bridgehead atoms. The first-order valence-corrected chi connectivity index (χ1v) is 9.95. The van der Waals surface area contributed by atoms with Gasteiger partial charge >= 0.3 is 6.03 Å². The lowest BCUT2D eigenvalue weighted by atomic mass is 10.0. The van der Waals surface area contributed by atoms with Gasteiger partial charge in [-0.25, -0.2) is 4.79 Å². The zero-order valence-electron chi connectivity index (χ0n) is 15.6. The Morgan fingerprint density at radius 3 is 2.29 bits per heavy atom. The molecule has 0 aliphatic rings. The first kappa shape index (κ1) is 20.0. The van der Waals surface area contributed by atoms with Crippen molar-refractivity contribution in [3.05, 3.63) is 81.0 Å². The van der Waals surface area contributed by atoms with Crippen LogP contribution in [0.1, 0.15) is 22.7 Å². The number of carbonyl (C=O) groups excluding carboxylic acids is 1. The molecule has 1 atom stereocenters. The quantitative estimate of drug-likeness (QED) is 0.569. The Morgan fingerprint density at radius 1 is 1.04 bits per heavy atom. The van der Waals surface area contributed by atoms with Crippen molar-refractivity contribution in [2.75, 3.05) is 14.2 Å². The molecular weight excluding hydrogens is 396 g/mol. The number of rotatable bonds is 7. The van der Waals surface area contributed by atoms with Crippen LogP contribution < -0.4 is 20.1 Å². The topological polar surface area (TPSA) is 59.6 Å². The molecule has 0 aliphatic heterocycles. The Morgan fingerprint density at radius 2 is 1.71 bits per heavy atom. The van der Waals surface area contributed by atoms with Crippen molar-refractivity contribution in [1.29, 1.82) is 0 Å². The lowest BCUT2D eigenvalue weighted by molar-refractivity contribution is 0.238. The van der Waals surface area contributed by atoms with Crippen molar-refractivity contribution in [3.8, 4) is 11.5 Å². The van der Waals surface area contributed by atoms with Crippen LogP contribution >= 0.6 is 22.9 Å². The Hall–Kier alpha value is -2.70. The monoisotopic (exact) mass is 416 g/mol. The van der Waals surface area contributed by atoms with Gasteiger partial charge in [0.1, 0.15) is 11.5 Å². The van der Waals surface area contributed by atoms with Gasteiger partial charge in [-0.1, -0.05) is 23.7 Å². The van der Waals surface area contributed by atoms with Crippen molar-refractivity contribution < 1.29 is 14.3 Å². The molecule has 1 aromatic heterocycles. The second-order valence-electron chi connectivity index (χ2n) is 6.09. The maximum atomic E-state index is 12.6. The number of hydrogen-bond acceptors (Lipinski definition) is 4. The maximum Gasteiger partial charge on any atom is 0.315 e. The first-order chi connectivity index (χ1) is 13.6. The minimum absolute atomic E-state index is 0.261. The molecule has 0 aliphatic carbocycles. The predicted molar refractivity (Wildman–Crippen MR) is 113 cm³/mol. The third-order valence-corrected chi connectivity index (χ3v) is 5.17. The second kappa shape index (κ2) is 9.48. The van der Waals surface area contributed by atoms with Crippen LogP contribution in [0.2, 0.25) is 5.02 Å². The smallest absolute Gasteiger partial charge is 0.315 e. The van der Waals surface area contributed by atoms with Gasteiger partial charge in [0, 0.05) is 17.6 Å². The maximum absolute atomic E-state index is 12.6. The summed E-state index contributed by atoms with van der Waals surface area (Å²) in [5.41, 5.74) is 2.86. The number of ether oxygens (including phenoxy) is 2. The van der Waals surface area contributed by atoms with Crippen LogP contribution in [0.4, 0.5) is 4.79 Å². The molecule has 0 radical (unpaired) electrons. The predicted octanol–water partition coefficient (Wildman–Crippen LogP) is 5.01. The Kier molecular flexibility index (Phi) is 6.79. The summed E-state index contributed by atoms with van der Waals surface area (Å²) in [7, 11) is 3.19. The van der Waals surface area contributed by atoms with Gasteiger partial charge in [-0.15, -0.1) is 0 Å². The summed E-state index contributed by atoms with van der Waals surface area (Å²) in [4.78, 5) is 12.6. The van der Waals surface area contributed by atoms with Crippen molar-refractivity contribution in [3.63, 3.8) is 0 Å². The third kappa shape index (κ3) is 5.18. The van der Waals surface area contributed by atoms with Gasteiger partial charge < -0.3 is 20.1 Å². The van der Waals surface area contributed by atoms with Crippen LogP contribution in [0, 0.1) is 0 Å². The van der Waals surface area contributed by atoms with Gasteiger partial charge in [0.15, 0.2) is 0 Å². The summed E-state index contributed by atoms with van der Waals surface area (Å²) >= 11 is 7.58. The number of carbonyl (C=O) groups is 1. The molecule has 0 fully saturated rings. The summed E-state index contributed by atoms with van der Waals surface area (Å²) in [5.74, 6) is 1.35. The summed E-state index contributed by atoms with van der Waals surface area (Å²) in [6, 6.07) is 14.4. The minimum Gasteiger partial charge on any atom is -0.497 e. The number of urea groups is 1. The summed E-state index contributed by atoms with van der Waals surface area (Å²) < 4.78 is 10.5. The van der Waals surface area contributed by atoms with Gasteiger partial charge in [-0.05, 0) is 57.8 Å². The lowest BCUT2D eigenvalue weighted by Crippen LogP contribution is -2.37. The van der Waals surface area contributed by atoms with E-state index in [1.54, 1.807) is 31.6 Å². The van der Waals surface area contributed by atoms with Crippen molar-refractivity contribution in [2.24, 2.45) is 0 Å². The molecule has 2 N–H and O–H groups in total. The van der Waals surface area contributed by atoms with E-state index in [-0.39, 0.29) is 12.1 Å². The first-order valence-electron chi connectivity index (χ1n) is 8.63. The van der Waals surface area contributed by atoms with E-state index in [2.05, 4.69) is 10.6 Å². The highest BCUT2D eigenvalue weighted by atomic mass is 35.5.